The molecule has 0 unspecified atom stereocenters. The van der Waals surface area contributed by atoms with Crippen LogP contribution in [0.5, 0.6) is 5.75 Å². The maximum Gasteiger partial charge on any atom is 0.120 e. The molecule has 0 heterocycles. The van der Waals surface area contributed by atoms with Gasteiger partial charge in [-0.2, -0.15) is 0 Å². The summed E-state index contributed by atoms with van der Waals surface area (Å²) in [7, 11) is 0. The first-order chi connectivity index (χ1) is 9.97. The highest BCUT2D eigenvalue weighted by Crippen LogP contribution is 2.25. The normalized spacial score (nSPS) is 10.5. The fourth-order valence-corrected chi connectivity index (χ4v) is 2.38. The zero-order valence-electron chi connectivity index (χ0n) is 13.1. The second kappa shape index (κ2) is 6.86. The van der Waals surface area contributed by atoms with Gasteiger partial charge in [0.15, 0.2) is 0 Å². The zero-order chi connectivity index (χ0) is 15.4. The van der Waals surface area contributed by atoms with E-state index in [1.165, 1.54) is 16.8 Å². The predicted octanol–water partition coefficient (Wildman–Crippen LogP) is 5.06. The van der Waals surface area contributed by atoms with Crippen molar-refractivity contribution in [2.75, 3.05) is 18.5 Å². The van der Waals surface area contributed by atoms with Crippen molar-refractivity contribution in [1.29, 1.82) is 0 Å². The van der Waals surface area contributed by atoms with Crippen molar-refractivity contribution in [3.63, 3.8) is 0 Å². The predicted molar refractivity (Wildman–Crippen MR) is 90.8 cm³/mol. The summed E-state index contributed by atoms with van der Waals surface area (Å²) in [6, 6.07) is 10.4. The van der Waals surface area contributed by atoms with Crippen LogP contribution in [0.2, 0.25) is 5.02 Å². The first kappa shape index (κ1) is 15.7. The van der Waals surface area contributed by atoms with Crippen molar-refractivity contribution >= 4 is 17.3 Å². The fourth-order valence-electron chi connectivity index (χ4n) is 2.27. The topological polar surface area (TPSA) is 21.3 Å². The van der Waals surface area contributed by atoms with E-state index in [1.807, 2.05) is 26.0 Å². The van der Waals surface area contributed by atoms with Gasteiger partial charge in [0, 0.05) is 17.3 Å². The van der Waals surface area contributed by atoms with Crippen molar-refractivity contribution < 1.29 is 4.74 Å². The van der Waals surface area contributed by atoms with E-state index in [-0.39, 0.29) is 0 Å². The Morgan fingerprint density at radius 3 is 2.29 bits per heavy atom. The minimum absolute atomic E-state index is 0.619. The van der Waals surface area contributed by atoms with Gasteiger partial charge < -0.3 is 10.1 Å². The lowest BCUT2D eigenvalue weighted by molar-refractivity contribution is 0.332. The molecule has 0 aliphatic carbocycles. The Labute approximate surface area is 132 Å². The average molecular weight is 304 g/mol. The van der Waals surface area contributed by atoms with Gasteiger partial charge in [-0.3, -0.25) is 0 Å². The van der Waals surface area contributed by atoms with Gasteiger partial charge in [0.1, 0.15) is 12.4 Å². The maximum atomic E-state index is 6.16. The summed E-state index contributed by atoms with van der Waals surface area (Å²) in [5.74, 6) is 0.872. The van der Waals surface area contributed by atoms with Crippen molar-refractivity contribution in [1.82, 2.24) is 0 Å². The summed E-state index contributed by atoms with van der Waals surface area (Å²) in [4.78, 5) is 0. The molecule has 0 spiro atoms. The number of ether oxygens (including phenoxy) is 1. The Morgan fingerprint density at radius 1 is 0.952 bits per heavy atom. The molecule has 112 valence electrons. The molecule has 0 saturated heterocycles. The van der Waals surface area contributed by atoms with Gasteiger partial charge in [-0.25, -0.2) is 0 Å². The molecule has 21 heavy (non-hydrogen) atoms. The summed E-state index contributed by atoms with van der Waals surface area (Å²) in [5.41, 5.74) is 5.78. The molecule has 3 heteroatoms. The summed E-state index contributed by atoms with van der Waals surface area (Å²) in [6.07, 6.45) is 0. The highest BCUT2D eigenvalue weighted by Gasteiger charge is 2.03. The molecule has 1 N–H and O–H groups in total. The monoisotopic (exact) mass is 303 g/mol. The van der Waals surface area contributed by atoms with Gasteiger partial charge in [0.05, 0.1) is 0 Å². The largest absolute Gasteiger partial charge is 0.492 e. The summed E-state index contributed by atoms with van der Waals surface area (Å²) in [5, 5.41) is 4.23. The Balaban J connectivity index is 1.89. The van der Waals surface area contributed by atoms with Crippen LogP contribution in [-0.2, 0) is 0 Å². The third-order valence-corrected chi connectivity index (χ3v) is 4.09. The Kier molecular flexibility index (Phi) is 5.13. The number of aryl methyl sites for hydroxylation is 4. The van der Waals surface area contributed by atoms with E-state index >= 15 is 0 Å². The van der Waals surface area contributed by atoms with E-state index < -0.39 is 0 Å². The van der Waals surface area contributed by atoms with Gasteiger partial charge in [0.2, 0.25) is 0 Å². The quantitative estimate of drug-likeness (QED) is 0.779. The van der Waals surface area contributed by atoms with Crippen LogP contribution in [-0.4, -0.2) is 13.2 Å². The van der Waals surface area contributed by atoms with Gasteiger partial charge in [0.25, 0.3) is 0 Å². The van der Waals surface area contributed by atoms with Crippen LogP contribution in [0.4, 0.5) is 5.69 Å². The molecule has 0 fully saturated rings. The molecule has 2 nitrogen and oxygen atoms in total. The zero-order valence-corrected chi connectivity index (χ0v) is 13.8. The van der Waals surface area contributed by atoms with Gasteiger partial charge >= 0.3 is 0 Å². The van der Waals surface area contributed by atoms with Crippen molar-refractivity contribution in [3.8, 4) is 5.75 Å². The van der Waals surface area contributed by atoms with E-state index in [1.54, 1.807) is 0 Å². The standard InChI is InChI=1S/C18H22ClNO/c1-12-5-6-13(2)17(9-12)20-7-8-21-16-10-14(3)18(19)15(4)11-16/h5-6,9-11,20H,7-8H2,1-4H3. The minimum atomic E-state index is 0.619. The number of benzene rings is 2. The molecule has 2 aromatic rings. The first-order valence-corrected chi connectivity index (χ1v) is 7.56. The summed E-state index contributed by atoms with van der Waals surface area (Å²) >= 11 is 6.16. The molecule has 0 aromatic heterocycles. The van der Waals surface area contributed by atoms with Crippen LogP contribution in [0.15, 0.2) is 30.3 Å². The van der Waals surface area contributed by atoms with Crippen LogP contribution < -0.4 is 10.1 Å². The summed E-state index contributed by atoms with van der Waals surface area (Å²) < 4.78 is 5.79. The summed E-state index contributed by atoms with van der Waals surface area (Å²) in [6.45, 7) is 9.58. The molecule has 0 amide bonds. The van der Waals surface area contributed by atoms with Gasteiger partial charge in [-0.05, 0) is 68.1 Å². The molecular weight excluding hydrogens is 282 g/mol. The SMILES string of the molecule is Cc1ccc(C)c(NCCOc2cc(C)c(Cl)c(C)c2)c1. The van der Waals surface area contributed by atoms with Crippen molar-refractivity contribution in [3.05, 3.63) is 57.6 Å². The van der Waals surface area contributed by atoms with E-state index in [4.69, 9.17) is 16.3 Å². The van der Waals surface area contributed by atoms with E-state index in [9.17, 15) is 0 Å². The van der Waals surface area contributed by atoms with E-state index in [0.29, 0.717) is 6.61 Å². The lowest BCUT2D eigenvalue weighted by Gasteiger charge is -2.13. The van der Waals surface area contributed by atoms with Crippen LogP contribution in [0.1, 0.15) is 22.3 Å². The number of halogens is 1. The molecule has 0 aliphatic heterocycles. The third kappa shape index (κ3) is 4.15. The van der Waals surface area contributed by atoms with Crippen LogP contribution >= 0.6 is 11.6 Å². The molecule has 2 rings (SSSR count). The van der Waals surface area contributed by atoms with Crippen LogP contribution in [0.3, 0.4) is 0 Å². The smallest absolute Gasteiger partial charge is 0.120 e. The lowest BCUT2D eigenvalue weighted by atomic mass is 10.1. The molecule has 2 aromatic carbocycles. The molecular formula is C18H22ClNO. The number of hydrogen-bond acceptors (Lipinski definition) is 2. The number of hydrogen-bond donors (Lipinski definition) is 1. The molecule has 0 atom stereocenters. The minimum Gasteiger partial charge on any atom is -0.492 e. The average Bonchev–Trinajstić information content (AvgIpc) is 2.44. The lowest BCUT2D eigenvalue weighted by Crippen LogP contribution is -2.12. The third-order valence-electron chi connectivity index (χ3n) is 3.49. The number of rotatable bonds is 5. The van der Waals surface area contributed by atoms with Crippen LogP contribution in [0.25, 0.3) is 0 Å². The second-order valence-electron chi connectivity index (χ2n) is 5.46. The van der Waals surface area contributed by atoms with Gasteiger partial charge in [-0.1, -0.05) is 23.7 Å². The van der Waals surface area contributed by atoms with E-state index in [2.05, 4.69) is 37.4 Å². The van der Waals surface area contributed by atoms with Gasteiger partial charge in [-0.15, -0.1) is 0 Å². The molecule has 0 bridgehead atoms. The second-order valence-corrected chi connectivity index (χ2v) is 5.84. The highest BCUT2D eigenvalue weighted by atomic mass is 35.5. The highest BCUT2D eigenvalue weighted by molar-refractivity contribution is 6.32. The van der Waals surface area contributed by atoms with E-state index in [0.717, 1.165) is 28.4 Å². The molecule has 0 saturated carbocycles. The number of anilines is 1. The fraction of sp³-hybridized carbons (Fsp3) is 0.333. The molecule has 0 radical (unpaired) electrons. The van der Waals surface area contributed by atoms with Crippen molar-refractivity contribution in [2.24, 2.45) is 0 Å². The Hall–Kier alpha value is -1.67. The Morgan fingerprint density at radius 2 is 1.62 bits per heavy atom. The maximum absolute atomic E-state index is 6.16. The Bertz CT molecular complexity index is 614. The molecule has 0 aliphatic rings. The van der Waals surface area contributed by atoms with Crippen LogP contribution in [0, 0.1) is 27.7 Å². The first-order valence-electron chi connectivity index (χ1n) is 7.18. The van der Waals surface area contributed by atoms with Crippen molar-refractivity contribution in [2.45, 2.75) is 27.7 Å². The number of nitrogens with one attached hydrogen (secondary N) is 1.